The standard InChI is InChI=1S/C23H34N6O2.ClH/c1-6-28(7-2)22-25-20-19(21(30)27(5)23(31)26(20)4)29(22)15-11-14-24-17(3)16-18-12-9-8-10-13-18;/h8-10,12-13,17,24H,6-7,11,14-16H2,1-5H3;1H. The highest BCUT2D eigenvalue weighted by atomic mass is 35.5. The molecule has 0 radical (unpaired) electrons. The number of nitrogens with two attached hydrogens (primary N) is 1. The van der Waals surface area contributed by atoms with E-state index in [-0.39, 0.29) is 23.7 Å². The minimum atomic E-state index is -0.351. The lowest BCUT2D eigenvalue weighted by atomic mass is 10.1. The van der Waals surface area contributed by atoms with Crippen LogP contribution in [0.3, 0.4) is 0 Å². The molecule has 1 atom stereocenters. The molecule has 8 nitrogen and oxygen atoms in total. The molecule has 2 aromatic heterocycles. The number of quaternary nitrogens is 1. The first-order chi connectivity index (χ1) is 14.9. The highest BCUT2D eigenvalue weighted by molar-refractivity contribution is 5.74. The van der Waals surface area contributed by atoms with Gasteiger partial charge >= 0.3 is 5.69 Å². The van der Waals surface area contributed by atoms with Crippen LogP contribution < -0.4 is 33.9 Å². The zero-order chi connectivity index (χ0) is 22.5. The third kappa shape index (κ3) is 5.24. The third-order valence-corrected chi connectivity index (χ3v) is 5.93. The summed E-state index contributed by atoms with van der Waals surface area (Å²) < 4.78 is 4.63. The molecule has 3 rings (SSSR count). The molecule has 176 valence electrons. The maximum absolute atomic E-state index is 12.9. The van der Waals surface area contributed by atoms with Gasteiger partial charge in [-0.1, -0.05) is 30.3 Å². The SMILES string of the molecule is CCN(CC)c1nc2c(c(=O)n(C)c(=O)n2C)n1CCC[NH2+]C(C)Cc1ccccc1.[Cl-]. The summed E-state index contributed by atoms with van der Waals surface area (Å²) in [6.45, 7) is 9.60. The second kappa shape index (κ2) is 11.3. The van der Waals surface area contributed by atoms with Gasteiger partial charge < -0.3 is 27.2 Å². The summed E-state index contributed by atoms with van der Waals surface area (Å²) in [6.07, 6.45) is 1.94. The molecule has 0 aliphatic heterocycles. The Hall–Kier alpha value is -2.58. The monoisotopic (exact) mass is 462 g/mol. The Balaban J connectivity index is 0.00000363. The lowest BCUT2D eigenvalue weighted by Crippen LogP contribution is -3.00. The van der Waals surface area contributed by atoms with Crippen molar-refractivity contribution < 1.29 is 17.7 Å². The quantitative estimate of drug-likeness (QED) is 0.349. The van der Waals surface area contributed by atoms with Crippen LogP contribution in [-0.4, -0.2) is 44.4 Å². The lowest BCUT2D eigenvalue weighted by Gasteiger charge is -2.21. The van der Waals surface area contributed by atoms with Crippen molar-refractivity contribution in [3.05, 3.63) is 56.7 Å². The molecule has 0 saturated carbocycles. The minimum absolute atomic E-state index is 0. The predicted octanol–water partition coefficient (Wildman–Crippen LogP) is -2.13. The third-order valence-electron chi connectivity index (χ3n) is 5.93. The van der Waals surface area contributed by atoms with Crippen LogP contribution in [0.25, 0.3) is 11.2 Å². The smallest absolute Gasteiger partial charge is 0.332 e. The van der Waals surface area contributed by atoms with Gasteiger partial charge in [-0.3, -0.25) is 13.9 Å². The van der Waals surface area contributed by atoms with Crippen LogP contribution in [0, 0.1) is 0 Å². The Labute approximate surface area is 195 Å². The van der Waals surface area contributed by atoms with Gasteiger partial charge in [0, 0.05) is 46.6 Å². The normalized spacial score (nSPS) is 12.0. The summed E-state index contributed by atoms with van der Waals surface area (Å²) in [4.78, 5) is 32.2. The van der Waals surface area contributed by atoms with Gasteiger partial charge in [0.2, 0.25) is 5.95 Å². The molecule has 0 saturated heterocycles. The first kappa shape index (κ1) is 25.7. The number of halogens is 1. The fourth-order valence-electron chi connectivity index (χ4n) is 4.12. The molecule has 0 spiro atoms. The van der Waals surface area contributed by atoms with E-state index in [1.165, 1.54) is 21.7 Å². The summed E-state index contributed by atoms with van der Waals surface area (Å²) >= 11 is 0. The summed E-state index contributed by atoms with van der Waals surface area (Å²) in [5, 5.41) is 2.36. The summed E-state index contributed by atoms with van der Waals surface area (Å²) in [5.41, 5.74) is 1.67. The molecule has 1 unspecified atom stereocenters. The Kier molecular flexibility index (Phi) is 9.09. The van der Waals surface area contributed by atoms with Gasteiger partial charge in [0.25, 0.3) is 5.56 Å². The number of nitrogens with zero attached hydrogens (tertiary/aromatic N) is 5. The highest BCUT2D eigenvalue weighted by Crippen LogP contribution is 2.19. The average Bonchev–Trinajstić information content (AvgIpc) is 3.15. The molecule has 0 aliphatic rings. The van der Waals surface area contributed by atoms with Gasteiger partial charge in [0.15, 0.2) is 11.2 Å². The van der Waals surface area contributed by atoms with E-state index in [9.17, 15) is 9.59 Å². The fraction of sp³-hybridized carbons (Fsp3) is 0.522. The van der Waals surface area contributed by atoms with E-state index in [0.717, 1.165) is 38.4 Å². The maximum atomic E-state index is 12.9. The molecule has 32 heavy (non-hydrogen) atoms. The molecule has 2 heterocycles. The molecule has 0 bridgehead atoms. The van der Waals surface area contributed by atoms with Crippen molar-refractivity contribution in [1.82, 2.24) is 18.7 Å². The average molecular weight is 463 g/mol. The zero-order valence-corrected chi connectivity index (χ0v) is 20.5. The van der Waals surface area contributed by atoms with Crippen LogP contribution in [0.1, 0.15) is 32.8 Å². The maximum Gasteiger partial charge on any atom is 0.332 e. The molecule has 0 amide bonds. The van der Waals surface area contributed by atoms with Crippen molar-refractivity contribution in [3.63, 3.8) is 0 Å². The number of hydrogen-bond acceptors (Lipinski definition) is 4. The van der Waals surface area contributed by atoms with E-state index in [2.05, 4.69) is 55.3 Å². The van der Waals surface area contributed by atoms with Crippen molar-refractivity contribution in [2.75, 3.05) is 24.5 Å². The minimum Gasteiger partial charge on any atom is -1.00 e. The van der Waals surface area contributed by atoms with Crippen molar-refractivity contribution in [2.45, 2.75) is 46.2 Å². The van der Waals surface area contributed by atoms with Gasteiger partial charge in [-0.05, 0) is 26.3 Å². The molecule has 3 aromatic rings. The lowest BCUT2D eigenvalue weighted by molar-refractivity contribution is -0.686. The van der Waals surface area contributed by atoms with Crippen molar-refractivity contribution in [1.29, 1.82) is 0 Å². The van der Waals surface area contributed by atoms with Crippen LogP contribution in [0.4, 0.5) is 5.95 Å². The van der Waals surface area contributed by atoms with Gasteiger partial charge in [-0.2, -0.15) is 4.98 Å². The molecule has 0 fully saturated rings. The Bertz CT molecular complexity index is 1130. The number of imidazole rings is 1. The van der Waals surface area contributed by atoms with E-state index < -0.39 is 0 Å². The predicted molar refractivity (Wildman–Crippen MR) is 125 cm³/mol. The van der Waals surface area contributed by atoms with Crippen LogP contribution in [0.2, 0.25) is 0 Å². The molecule has 2 N–H and O–H groups in total. The van der Waals surface area contributed by atoms with Gasteiger partial charge in [-0.15, -0.1) is 0 Å². The Morgan fingerprint density at radius 2 is 1.72 bits per heavy atom. The zero-order valence-electron chi connectivity index (χ0n) is 19.7. The fourth-order valence-corrected chi connectivity index (χ4v) is 4.12. The van der Waals surface area contributed by atoms with Crippen molar-refractivity contribution >= 4 is 17.1 Å². The van der Waals surface area contributed by atoms with Crippen molar-refractivity contribution in [2.24, 2.45) is 14.1 Å². The van der Waals surface area contributed by atoms with Gasteiger partial charge in [0.1, 0.15) is 0 Å². The van der Waals surface area contributed by atoms with E-state index in [1.807, 2.05) is 10.6 Å². The van der Waals surface area contributed by atoms with Gasteiger partial charge in [-0.25, -0.2) is 4.79 Å². The first-order valence-corrected chi connectivity index (χ1v) is 11.2. The number of anilines is 1. The summed E-state index contributed by atoms with van der Waals surface area (Å²) in [7, 11) is 3.20. The summed E-state index contributed by atoms with van der Waals surface area (Å²) in [5.74, 6) is 0.760. The van der Waals surface area contributed by atoms with E-state index in [1.54, 1.807) is 7.05 Å². The topological polar surface area (TPSA) is 81.7 Å². The second-order valence-corrected chi connectivity index (χ2v) is 8.16. The molecular weight excluding hydrogens is 428 g/mol. The molecule has 9 heteroatoms. The number of aryl methyl sites for hydroxylation is 2. The molecular formula is C23H35ClN6O2. The van der Waals surface area contributed by atoms with Crippen LogP contribution in [0.15, 0.2) is 39.9 Å². The Morgan fingerprint density at radius 3 is 2.34 bits per heavy atom. The van der Waals surface area contributed by atoms with Crippen LogP contribution >= 0.6 is 0 Å². The first-order valence-electron chi connectivity index (χ1n) is 11.2. The van der Waals surface area contributed by atoms with Gasteiger partial charge in [0.05, 0.1) is 12.6 Å². The van der Waals surface area contributed by atoms with Crippen LogP contribution in [-0.2, 0) is 27.1 Å². The number of fused-ring (bicyclic) bond motifs is 1. The largest absolute Gasteiger partial charge is 1.00 e. The summed E-state index contributed by atoms with van der Waals surface area (Å²) in [6, 6.07) is 11.0. The van der Waals surface area contributed by atoms with E-state index in [0.29, 0.717) is 23.8 Å². The molecule has 0 aliphatic carbocycles. The molecule has 1 aromatic carbocycles. The number of aromatic nitrogens is 4. The second-order valence-electron chi connectivity index (χ2n) is 8.16. The number of benzene rings is 1. The van der Waals surface area contributed by atoms with Crippen molar-refractivity contribution in [3.8, 4) is 0 Å². The number of hydrogen-bond donors (Lipinski definition) is 1. The van der Waals surface area contributed by atoms with E-state index >= 15 is 0 Å². The van der Waals surface area contributed by atoms with Crippen LogP contribution in [0.5, 0.6) is 0 Å². The highest BCUT2D eigenvalue weighted by Gasteiger charge is 2.21. The van der Waals surface area contributed by atoms with E-state index in [4.69, 9.17) is 4.98 Å². The Morgan fingerprint density at radius 1 is 1.06 bits per heavy atom. The number of rotatable bonds is 10.